The molecule has 2 heterocycles. The summed E-state index contributed by atoms with van der Waals surface area (Å²) in [6.07, 6.45) is 0. The van der Waals surface area contributed by atoms with Crippen LogP contribution in [0.15, 0.2) is 18.2 Å². The van der Waals surface area contributed by atoms with Crippen LogP contribution in [0.2, 0.25) is 0 Å². The molecule has 0 aliphatic heterocycles. The average molecular weight is 302 g/mol. The van der Waals surface area contributed by atoms with E-state index >= 15 is 0 Å². The minimum absolute atomic E-state index is 0.340. The Labute approximate surface area is 125 Å². The lowest BCUT2D eigenvalue weighted by atomic mass is 10.1. The highest BCUT2D eigenvalue weighted by atomic mass is 32.1. The van der Waals surface area contributed by atoms with Gasteiger partial charge in [0.2, 0.25) is 0 Å². The fourth-order valence-corrected chi connectivity index (χ4v) is 3.31. The van der Waals surface area contributed by atoms with Gasteiger partial charge in [0.05, 0.1) is 10.9 Å². The molecular weight excluding hydrogens is 287 g/mol. The summed E-state index contributed by atoms with van der Waals surface area (Å²) in [6, 6.07) is 4.89. The average Bonchev–Trinajstić information content (AvgIpc) is 2.76. The van der Waals surface area contributed by atoms with Crippen molar-refractivity contribution in [1.29, 1.82) is 0 Å². The van der Waals surface area contributed by atoms with E-state index in [1.165, 1.54) is 6.07 Å². The molecule has 0 saturated heterocycles. The molecule has 0 saturated carbocycles. The van der Waals surface area contributed by atoms with Gasteiger partial charge < -0.3 is 5.43 Å². The number of hydrogen-bond acceptors (Lipinski definition) is 5. The smallest absolute Gasteiger partial charge is 0.166 e. The maximum Gasteiger partial charge on any atom is 0.166 e. The first-order valence-corrected chi connectivity index (χ1v) is 7.33. The summed E-state index contributed by atoms with van der Waals surface area (Å²) in [5, 5.41) is 0.900. The number of hydrogen-bond donors (Lipinski definition) is 2. The second kappa shape index (κ2) is 5.05. The van der Waals surface area contributed by atoms with E-state index in [2.05, 4.69) is 15.4 Å². The van der Waals surface area contributed by atoms with Crippen molar-refractivity contribution in [2.24, 2.45) is 5.84 Å². The minimum Gasteiger partial charge on any atom is -0.308 e. The van der Waals surface area contributed by atoms with Gasteiger partial charge in [-0.1, -0.05) is 11.6 Å². The number of anilines is 1. The molecule has 2 aromatic heterocycles. The van der Waals surface area contributed by atoms with Crippen molar-refractivity contribution in [3.8, 4) is 11.4 Å². The fraction of sp³-hybridized carbons (Fsp3) is 0.200. The first kappa shape index (κ1) is 13.9. The summed E-state index contributed by atoms with van der Waals surface area (Å²) in [5.41, 5.74) is 5.04. The first-order chi connectivity index (χ1) is 10.0. The molecule has 1 aromatic carbocycles. The fourth-order valence-electron chi connectivity index (χ4n) is 2.28. The standard InChI is InChI=1S/C15H15FN4S/c1-7-4-5-11(16)10(6-7)13-18-14(20-17)12-8(2)9(3)21-15(12)19-13/h4-6H,17H2,1-3H3,(H,18,19,20). The highest BCUT2D eigenvalue weighted by Crippen LogP contribution is 2.35. The van der Waals surface area contributed by atoms with Crippen LogP contribution >= 0.6 is 11.3 Å². The Kier molecular flexibility index (Phi) is 3.35. The lowest BCUT2D eigenvalue weighted by Crippen LogP contribution is -2.10. The first-order valence-electron chi connectivity index (χ1n) is 6.52. The van der Waals surface area contributed by atoms with Crippen molar-refractivity contribution in [2.45, 2.75) is 20.8 Å². The maximum atomic E-state index is 14.0. The number of rotatable bonds is 2. The summed E-state index contributed by atoms with van der Waals surface area (Å²) >= 11 is 1.56. The summed E-state index contributed by atoms with van der Waals surface area (Å²) in [6.45, 7) is 5.93. The van der Waals surface area contributed by atoms with Crippen LogP contribution in [-0.2, 0) is 0 Å². The number of aromatic nitrogens is 2. The van der Waals surface area contributed by atoms with Crippen molar-refractivity contribution >= 4 is 27.4 Å². The number of fused-ring (bicyclic) bond motifs is 1. The SMILES string of the molecule is Cc1ccc(F)c(-c2nc(NN)c3c(C)c(C)sc3n2)c1. The van der Waals surface area contributed by atoms with Gasteiger partial charge >= 0.3 is 0 Å². The number of hydrazine groups is 1. The molecule has 0 fully saturated rings. The van der Waals surface area contributed by atoms with Gasteiger partial charge in [0.15, 0.2) is 11.6 Å². The molecule has 0 spiro atoms. The van der Waals surface area contributed by atoms with Crippen LogP contribution in [0.25, 0.3) is 21.6 Å². The quantitative estimate of drug-likeness (QED) is 0.559. The number of nitrogens with one attached hydrogen (secondary N) is 1. The van der Waals surface area contributed by atoms with Crippen LogP contribution in [0.1, 0.15) is 16.0 Å². The van der Waals surface area contributed by atoms with Crippen molar-refractivity contribution in [3.05, 3.63) is 40.0 Å². The monoisotopic (exact) mass is 302 g/mol. The van der Waals surface area contributed by atoms with Gasteiger partial charge in [-0.15, -0.1) is 11.3 Å². The molecule has 0 bridgehead atoms. The molecule has 21 heavy (non-hydrogen) atoms. The van der Waals surface area contributed by atoms with Crippen molar-refractivity contribution < 1.29 is 4.39 Å². The van der Waals surface area contributed by atoms with Crippen molar-refractivity contribution in [3.63, 3.8) is 0 Å². The molecule has 0 radical (unpaired) electrons. The van der Waals surface area contributed by atoms with Crippen molar-refractivity contribution in [2.75, 3.05) is 5.43 Å². The largest absolute Gasteiger partial charge is 0.308 e. The normalized spacial score (nSPS) is 11.1. The minimum atomic E-state index is -0.340. The second-order valence-corrected chi connectivity index (χ2v) is 6.19. The van der Waals surface area contributed by atoms with E-state index in [9.17, 15) is 4.39 Å². The number of thiophene rings is 1. The molecule has 0 atom stereocenters. The number of benzene rings is 1. The Balaban J connectivity index is 2.32. The second-order valence-electron chi connectivity index (χ2n) is 4.99. The lowest BCUT2D eigenvalue weighted by Gasteiger charge is -2.07. The van der Waals surface area contributed by atoms with Gasteiger partial charge in [0.25, 0.3) is 0 Å². The third-order valence-electron chi connectivity index (χ3n) is 3.53. The number of halogens is 1. The maximum absolute atomic E-state index is 14.0. The number of nitrogens with zero attached hydrogens (tertiary/aromatic N) is 2. The molecule has 108 valence electrons. The third kappa shape index (κ3) is 2.26. The Morgan fingerprint density at radius 3 is 2.67 bits per heavy atom. The number of nitrogens with two attached hydrogens (primary N) is 1. The summed E-state index contributed by atoms with van der Waals surface area (Å²) in [5.74, 6) is 6.11. The van der Waals surface area contributed by atoms with E-state index in [0.717, 1.165) is 26.2 Å². The zero-order valence-electron chi connectivity index (χ0n) is 12.0. The summed E-state index contributed by atoms with van der Waals surface area (Å²) < 4.78 is 14.0. The van der Waals surface area contributed by atoms with E-state index in [4.69, 9.17) is 5.84 Å². The molecule has 0 unspecified atom stereocenters. The molecule has 0 aliphatic carbocycles. The molecule has 0 amide bonds. The van der Waals surface area contributed by atoms with E-state index in [1.807, 2.05) is 20.8 Å². The zero-order valence-corrected chi connectivity index (χ0v) is 12.8. The van der Waals surface area contributed by atoms with Gasteiger partial charge in [-0.3, -0.25) is 0 Å². The van der Waals surface area contributed by atoms with E-state index in [-0.39, 0.29) is 5.82 Å². The predicted octanol–water partition coefficient (Wildman–Crippen LogP) is 3.71. The molecule has 4 nitrogen and oxygen atoms in total. The number of nitrogen functional groups attached to an aromatic ring is 1. The Morgan fingerprint density at radius 2 is 1.95 bits per heavy atom. The predicted molar refractivity (Wildman–Crippen MR) is 84.8 cm³/mol. The van der Waals surface area contributed by atoms with Crippen LogP contribution in [0.4, 0.5) is 10.2 Å². The van der Waals surface area contributed by atoms with Crippen LogP contribution in [0.3, 0.4) is 0 Å². The highest BCUT2D eigenvalue weighted by molar-refractivity contribution is 7.18. The van der Waals surface area contributed by atoms with Gasteiger partial charge in [-0.2, -0.15) is 0 Å². The summed E-state index contributed by atoms with van der Waals surface area (Å²) in [7, 11) is 0. The van der Waals surface area contributed by atoms with E-state index < -0.39 is 0 Å². The zero-order chi connectivity index (χ0) is 15.1. The molecule has 3 aromatic rings. The van der Waals surface area contributed by atoms with E-state index in [0.29, 0.717) is 17.2 Å². The number of aryl methyl sites for hydroxylation is 3. The van der Waals surface area contributed by atoms with Gasteiger partial charge in [0, 0.05) is 4.88 Å². The van der Waals surface area contributed by atoms with Crippen LogP contribution in [-0.4, -0.2) is 9.97 Å². The molecular formula is C15H15FN4S. The Bertz CT molecular complexity index is 841. The van der Waals surface area contributed by atoms with Crippen LogP contribution in [0, 0.1) is 26.6 Å². The highest BCUT2D eigenvalue weighted by Gasteiger charge is 2.16. The Morgan fingerprint density at radius 1 is 1.19 bits per heavy atom. The Hall–Kier alpha value is -2.05. The third-order valence-corrected chi connectivity index (χ3v) is 4.63. The molecule has 6 heteroatoms. The lowest BCUT2D eigenvalue weighted by molar-refractivity contribution is 0.629. The van der Waals surface area contributed by atoms with E-state index in [1.54, 1.807) is 23.5 Å². The van der Waals surface area contributed by atoms with Gasteiger partial charge in [-0.25, -0.2) is 20.2 Å². The molecule has 3 rings (SSSR count). The molecule has 3 N–H and O–H groups in total. The van der Waals surface area contributed by atoms with Crippen LogP contribution in [0.5, 0.6) is 0 Å². The van der Waals surface area contributed by atoms with Crippen molar-refractivity contribution in [1.82, 2.24) is 9.97 Å². The van der Waals surface area contributed by atoms with Crippen LogP contribution < -0.4 is 11.3 Å². The summed E-state index contributed by atoms with van der Waals surface area (Å²) in [4.78, 5) is 10.9. The molecule has 0 aliphatic rings. The topological polar surface area (TPSA) is 63.8 Å². The van der Waals surface area contributed by atoms with Gasteiger partial charge in [0.1, 0.15) is 10.6 Å². The van der Waals surface area contributed by atoms with Gasteiger partial charge in [-0.05, 0) is 38.5 Å².